The fraction of sp³-hybridized carbons (Fsp3) is 0.400. The van der Waals surface area contributed by atoms with Crippen LogP contribution < -0.4 is 0 Å². The number of hydroxylamine groups is 1. The van der Waals surface area contributed by atoms with Gasteiger partial charge in [0.05, 0.1) is 6.42 Å². The number of unbranched alkanes of at least 4 members (excludes halogenated alkanes) is 1. The van der Waals surface area contributed by atoms with Crippen molar-refractivity contribution < 1.29 is 14.3 Å². The Morgan fingerprint density at radius 3 is 2.07 bits per heavy atom. The molecule has 29 heavy (non-hydrogen) atoms. The fourth-order valence-electron chi connectivity index (χ4n) is 5.41. The molecule has 0 bridgehead atoms. The van der Waals surface area contributed by atoms with Gasteiger partial charge in [-0.3, -0.25) is 9.59 Å². The molecule has 0 aromatic heterocycles. The van der Waals surface area contributed by atoms with Gasteiger partial charge in [0, 0.05) is 19.3 Å². The van der Waals surface area contributed by atoms with Gasteiger partial charge in [0.1, 0.15) is 5.78 Å². The van der Waals surface area contributed by atoms with Crippen LogP contribution in [0.1, 0.15) is 63.0 Å². The van der Waals surface area contributed by atoms with E-state index in [-0.39, 0.29) is 18.0 Å². The summed E-state index contributed by atoms with van der Waals surface area (Å²) in [6, 6.07) is 19.2. The molecule has 1 atom stereocenters. The summed E-state index contributed by atoms with van der Waals surface area (Å²) in [5, 5.41) is 13.8. The third-order valence-electron chi connectivity index (χ3n) is 6.65. The zero-order chi connectivity index (χ0) is 20.5. The molecule has 0 amide bonds. The van der Waals surface area contributed by atoms with Crippen LogP contribution in [0.4, 0.5) is 0 Å². The van der Waals surface area contributed by atoms with Gasteiger partial charge in [-0.05, 0) is 24.0 Å². The van der Waals surface area contributed by atoms with E-state index < -0.39 is 11.0 Å². The second kappa shape index (κ2) is 7.58. The second-order valence-corrected chi connectivity index (χ2v) is 8.26. The lowest BCUT2D eigenvalue weighted by atomic mass is 9.56. The molecule has 2 aliphatic rings. The van der Waals surface area contributed by atoms with Crippen LogP contribution in [0.15, 0.2) is 60.7 Å². The summed E-state index contributed by atoms with van der Waals surface area (Å²) in [7, 11) is 0. The molecule has 1 spiro atoms. The maximum absolute atomic E-state index is 14.1. The lowest BCUT2D eigenvalue weighted by molar-refractivity contribution is -0.553. The molecule has 1 aliphatic carbocycles. The SMILES string of the molecule is CCCCC1=[N+]([O-])C2(CCCC(=O)C2)C(c2ccccc2)(c2ccccc2)C1=O. The van der Waals surface area contributed by atoms with Gasteiger partial charge in [-0.2, -0.15) is 4.74 Å². The van der Waals surface area contributed by atoms with E-state index in [2.05, 4.69) is 6.92 Å². The first-order valence-electron chi connectivity index (χ1n) is 10.6. The molecule has 4 heteroatoms. The molecule has 1 heterocycles. The monoisotopic (exact) mass is 389 g/mol. The fourth-order valence-corrected chi connectivity index (χ4v) is 5.41. The summed E-state index contributed by atoms with van der Waals surface area (Å²) < 4.78 is 0.960. The Labute approximate surface area is 171 Å². The lowest BCUT2D eigenvalue weighted by Crippen LogP contribution is -2.59. The molecule has 4 nitrogen and oxygen atoms in total. The minimum absolute atomic E-state index is 0.0675. The number of benzene rings is 2. The maximum Gasteiger partial charge on any atom is 0.244 e. The summed E-state index contributed by atoms with van der Waals surface area (Å²) in [5.41, 5.74) is -0.313. The lowest BCUT2D eigenvalue weighted by Gasteiger charge is -2.44. The van der Waals surface area contributed by atoms with Crippen LogP contribution in [0.2, 0.25) is 0 Å². The highest BCUT2D eigenvalue weighted by Gasteiger charge is 2.71. The molecular weight excluding hydrogens is 362 g/mol. The van der Waals surface area contributed by atoms with Crippen LogP contribution in [-0.4, -0.2) is 27.6 Å². The predicted octanol–water partition coefficient (Wildman–Crippen LogP) is 4.58. The van der Waals surface area contributed by atoms with E-state index in [4.69, 9.17) is 0 Å². The van der Waals surface area contributed by atoms with Gasteiger partial charge >= 0.3 is 0 Å². The van der Waals surface area contributed by atoms with Gasteiger partial charge < -0.3 is 5.21 Å². The summed E-state index contributed by atoms with van der Waals surface area (Å²) in [6.07, 6.45) is 3.90. The van der Waals surface area contributed by atoms with Gasteiger partial charge in [0.15, 0.2) is 5.41 Å². The molecule has 0 radical (unpaired) electrons. The van der Waals surface area contributed by atoms with Crippen molar-refractivity contribution in [2.24, 2.45) is 0 Å². The number of ketones is 2. The van der Waals surface area contributed by atoms with Gasteiger partial charge in [-0.1, -0.05) is 74.0 Å². The van der Waals surface area contributed by atoms with Crippen LogP contribution in [-0.2, 0) is 15.0 Å². The highest BCUT2D eigenvalue weighted by molar-refractivity contribution is 6.43. The largest absolute Gasteiger partial charge is 0.623 e. The topological polar surface area (TPSA) is 60.2 Å². The van der Waals surface area contributed by atoms with Crippen LogP contribution in [0.25, 0.3) is 0 Å². The number of hydrogen-bond donors (Lipinski definition) is 0. The molecule has 1 aliphatic heterocycles. The Hall–Kier alpha value is -2.75. The van der Waals surface area contributed by atoms with Crippen LogP contribution >= 0.6 is 0 Å². The summed E-state index contributed by atoms with van der Waals surface area (Å²) in [6.45, 7) is 2.05. The first kappa shape index (κ1) is 19.6. The van der Waals surface area contributed by atoms with Crippen molar-refractivity contribution in [1.82, 2.24) is 0 Å². The van der Waals surface area contributed by atoms with Crippen molar-refractivity contribution in [2.45, 2.75) is 62.8 Å². The van der Waals surface area contributed by atoms with Crippen molar-refractivity contribution >= 4 is 17.3 Å². The van der Waals surface area contributed by atoms with Crippen LogP contribution in [0.5, 0.6) is 0 Å². The minimum atomic E-state index is -1.16. The van der Waals surface area contributed by atoms with Crippen molar-refractivity contribution in [2.75, 3.05) is 0 Å². The van der Waals surface area contributed by atoms with Gasteiger partial charge in [-0.25, -0.2) is 0 Å². The molecule has 2 aromatic carbocycles. The van der Waals surface area contributed by atoms with Crippen LogP contribution in [0.3, 0.4) is 0 Å². The Morgan fingerprint density at radius 2 is 1.55 bits per heavy atom. The molecule has 1 saturated carbocycles. The molecular formula is C25H27NO3. The number of rotatable bonds is 5. The number of nitrogens with zero attached hydrogens (tertiary/aromatic N) is 1. The van der Waals surface area contributed by atoms with E-state index in [1.54, 1.807) is 0 Å². The van der Waals surface area contributed by atoms with E-state index in [0.29, 0.717) is 31.4 Å². The van der Waals surface area contributed by atoms with Crippen molar-refractivity contribution in [1.29, 1.82) is 0 Å². The Kier molecular flexibility index (Phi) is 5.12. The average molecular weight is 389 g/mol. The highest BCUT2D eigenvalue weighted by Crippen LogP contribution is 2.54. The highest BCUT2D eigenvalue weighted by atomic mass is 16.5. The third kappa shape index (κ3) is 2.77. The molecule has 0 saturated heterocycles. The number of Topliss-reactive ketones (excluding diaryl/α,β-unsaturated/α-hetero) is 2. The van der Waals surface area contributed by atoms with E-state index >= 15 is 0 Å². The van der Waals surface area contributed by atoms with Gasteiger partial charge in [0.2, 0.25) is 17.0 Å². The zero-order valence-corrected chi connectivity index (χ0v) is 16.9. The molecule has 1 fully saturated rings. The summed E-state index contributed by atoms with van der Waals surface area (Å²) in [5.74, 6) is -0.0640. The Balaban J connectivity index is 2.05. The molecule has 0 N–H and O–H groups in total. The predicted molar refractivity (Wildman–Crippen MR) is 113 cm³/mol. The number of carbonyl (C=O) groups is 2. The van der Waals surface area contributed by atoms with Gasteiger partial charge in [-0.15, -0.1) is 0 Å². The molecule has 2 aromatic rings. The van der Waals surface area contributed by atoms with Crippen LogP contribution in [0, 0.1) is 5.21 Å². The first-order chi connectivity index (χ1) is 14.1. The quantitative estimate of drug-likeness (QED) is 0.555. The Bertz CT molecular complexity index is 909. The normalized spacial score (nSPS) is 23.8. The van der Waals surface area contributed by atoms with E-state index in [1.807, 2.05) is 60.7 Å². The zero-order valence-electron chi connectivity index (χ0n) is 16.9. The Morgan fingerprint density at radius 1 is 0.966 bits per heavy atom. The summed E-state index contributed by atoms with van der Waals surface area (Å²) in [4.78, 5) is 26.8. The van der Waals surface area contributed by atoms with E-state index in [1.165, 1.54) is 0 Å². The minimum Gasteiger partial charge on any atom is -0.623 e. The van der Waals surface area contributed by atoms with E-state index in [0.717, 1.165) is 28.7 Å². The number of carbonyl (C=O) groups excluding carboxylic acids is 2. The molecule has 4 rings (SSSR count). The van der Waals surface area contributed by atoms with Crippen molar-refractivity contribution in [3.63, 3.8) is 0 Å². The second-order valence-electron chi connectivity index (χ2n) is 8.26. The third-order valence-corrected chi connectivity index (χ3v) is 6.65. The first-order valence-corrected chi connectivity index (χ1v) is 10.6. The molecule has 150 valence electrons. The van der Waals surface area contributed by atoms with Crippen molar-refractivity contribution in [3.8, 4) is 0 Å². The van der Waals surface area contributed by atoms with Gasteiger partial charge in [0.25, 0.3) is 0 Å². The molecule has 1 unspecified atom stereocenters. The van der Waals surface area contributed by atoms with E-state index in [9.17, 15) is 14.8 Å². The average Bonchev–Trinajstić information content (AvgIpc) is 2.92. The smallest absolute Gasteiger partial charge is 0.244 e. The number of hydrogen-bond acceptors (Lipinski definition) is 3. The summed E-state index contributed by atoms with van der Waals surface area (Å²) >= 11 is 0. The maximum atomic E-state index is 14.1. The standard InChI is InChI=1S/C25H27NO3/c1-2-3-16-22-23(28)25(19-11-6-4-7-12-19,20-13-8-5-9-14-20)24(26(22)29)17-10-15-21(27)18-24/h4-9,11-14H,2-3,10,15-18H2,1H3. The van der Waals surface area contributed by atoms with Crippen molar-refractivity contribution in [3.05, 3.63) is 77.0 Å².